The maximum Gasteiger partial charge on any atom is 0.256 e. The van der Waals surface area contributed by atoms with Crippen LogP contribution in [-0.4, -0.2) is 61.0 Å². The third kappa shape index (κ3) is 3.06. The van der Waals surface area contributed by atoms with E-state index < -0.39 is 11.6 Å². The maximum absolute atomic E-state index is 13.7. The number of nitrogens with zero attached hydrogens (tertiary/aromatic N) is 2. The molecule has 0 bridgehead atoms. The second-order valence-corrected chi connectivity index (χ2v) is 5.60. The Bertz CT molecular complexity index is 524. The van der Waals surface area contributed by atoms with E-state index in [9.17, 15) is 13.6 Å². The predicted octanol–water partition coefficient (Wildman–Crippen LogP) is 1.08. The molecule has 21 heavy (non-hydrogen) atoms. The van der Waals surface area contributed by atoms with Gasteiger partial charge in [0.15, 0.2) is 0 Å². The molecule has 6 heteroatoms. The second-order valence-electron chi connectivity index (χ2n) is 5.60. The van der Waals surface area contributed by atoms with Gasteiger partial charge < -0.3 is 10.2 Å². The monoisotopic (exact) mass is 295 g/mol. The highest BCUT2D eigenvalue weighted by Crippen LogP contribution is 2.16. The Morgan fingerprint density at radius 2 is 1.95 bits per heavy atom. The summed E-state index contributed by atoms with van der Waals surface area (Å²) in [5.74, 6) is -1.80. The van der Waals surface area contributed by atoms with Gasteiger partial charge in [-0.25, -0.2) is 8.78 Å². The summed E-state index contributed by atoms with van der Waals surface area (Å²) in [6.45, 7) is 4.84. The third-order valence-corrected chi connectivity index (χ3v) is 4.31. The average Bonchev–Trinajstić information content (AvgIpc) is 3.01. The van der Waals surface area contributed by atoms with E-state index in [1.807, 2.05) is 0 Å². The van der Waals surface area contributed by atoms with Crippen molar-refractivity contribution >= 4 is 5.91 Å². The van der Waals surface area contributed by atoms with Crippen LogP contribution in [0, 0.1) is 11.6 Å². The summed E-state index contributed by atoms with van der Waals surface area (Å²) < 4.78 is 26.6. The van der Waals surface area contributed by atoms with Crippen LogP contribution < -0.4 is 5.32 Å². The summed E-state index contributed by atoms with van der Waals surface area (Å²) in [6.07, 6.45) is 1.14. The molecule has 2 saturated heterocycles. The summed E-state index contributed by atoms with van der Waals surface area (Å²) in [5.41, 5.74) is -0.0487. The van der Waals surface area contributed by atoms with Gasteiger partial charge in [-0.2, -0.15) is 0 Å². The Balaban J connectivity index is 1.62. The van der Waals surface area contributed by atoms with Crippen molar-refractivity contribution in [3.05, 3.63) is 35.4 Å². The van der Waals surface area contributed by atoms with E-state index in [1.165, 1.54) is 6.07 Å². The number of rotatable bonds is 2. The van der Waals surface area contributed by atoms with E-state index in [2.05, 4.69) is 10.2 Å². The van der Waals surface area contributed by atoms with Gasteiger partial charge >= 0.3 is 0 Å². The van der Waals surface area contributed by atoms with E-state index in [-0.39, 0.29) is 11.5 Å². The Morgan fingerprint density at radius 3 is 2.57 bits per heavy atom. The molecule has 3 rings (SSSR count). The SMILES string of the molecule is O=C(c1ccc(F)cc1F)N1CCN(C2CCNC2)CC1. The molecule has 0 aliphatic carbocycles. The minimum atomic E-state index is -0.789. The first-order chi connectivity index (χ1) is 10.1. The number of piperazine rings is 1. The molecule has 114 valence electrons. The van der Waals surface area contributed by atoms with Crippen molar-refractivity contribution in [2.45, 2.75) is 12.5 Å². The van der Waals surface area contributed by atoms with E-state index in [0.29, 0.717) is 19.1 Å². The quantitative estimate of drug-likeness (QED) is 0.887. The lowest BCUT2D eigenvalue weighted by Gasteiger charge is -2.37. The number of carbonyl (C=O) groups is 1. The summed E-state index contributed by atoms with van der Waals surface area (Å²) in [4.78, 5) is 16.3. The van der Waals surface area contributed by atoms with Crippen LogP contribution in [-0.2, 0) is 0 Å². The molecule has 2 heterocycles. The highest BCUT2D eigenvalue weighted by atomic mass is 19.1. The van der Waals surface area contributed by atoms with Gasteiger partial charge in [0.2, 0.25) is 0 Å². The Morgan fingerprint density at radius 1 is 1.19 bits per heavy atom. The predicted molar refractivity (Wildman–Crippen MR) is 75.1 cm³/mol. The first kappa shape index (κ1) is 14.4. The number of hydrogen-bond donors (Lipinski definition) is 1. The molecule has 0 radical (unpaired) electrons. The number of halogens is 2. The van der Waals surface area contributed by atoms with Gasteiger partial charge in [-0.15, -0.1) is 0 Å². The van der Waals surface area contributed by atoms with Gasteiger partial charge in [0, 0.05) is 44.8 Å². The van der Waals surface area contributed by atoms with Crippen molar-refractivity contribution in [3.8, 4) is 0 Å². The normalized spacial score (nSPS) is 23.5. The molecule has 1 aromatic rings. The zero-order chi connectivity index (χ0) is 14.8. The molecule has 1 N–H and O–H groups in total. The molecule has 2 aliphatic rings. The zero-order valence-electron chi connectivity index (χ0n) is 11.8. The molecular formula is C15H19F2N3O. The van der Waals surface area contributed by atoms with Crippen LogP contribution in [0.1, 0.15) is 16.8 Å². The molecule has 0 aromatic heterocycles. The zero-order valence-corrected chi connectivity index (χ0v) is 11.8. The van der Waals surface area contributed by atoms with Crippen LogP contribution in [0.2, 0.25) is 0 Å². The summed E-state index contributed by atoms with van der Waals surface area (Å²) >= 11 is 0. The van der Waals surface area contributed by atoms with Gasteiger partial charge in [-0.3, -0.25) is 9.69 Å². The fraction of sp³-hybridized carbons (Fsp3) is 0.533. The van der Waals surface area contributed by atoms with Gasteiger partial charge in [-0.05, 0) is 25.1 Å². The minimum absolute atomic E-state index is 0.0487. The standard InChI is InChI=1S/C15H19F2N3O/c16-11-1-2-13(14(17)9-11)15(21)20-7-5-19(6-8-20)12-3-4-18-10-12/h1-2,9,12,18H,3-8,10H2. The molecule has 0 spiro atoms. The molecule has 1 unspecified atom stereocenters. The second kappa shape index (κ2) is 6.07. The lowest BCUT2D eigenvalue weighted by atomic mass is 10.1. The number of benzene rings is 1. The van der Waals surface area contributed by atoms with Gasteiger partial charge in [0.1, 0.15) is 11.6 Å². The van der Waals surface area contributed by atoms with E-state index in [4.69, 9.17) is 0 Å². The van der Waals surface area contributed by atoms with Crippen molar-refractivity contribution in [1.29, 1.82) is 0 Å². The molecule has 1 atom stereocenters. The lowest BCUT2D eigenvalue weighted by molar-refractivity contribution is 0.0579. The summed E-state index contributed by atoms with van der Waals surface area (Å²) in [7, 11) is 0. The van der Waals surface area contributed by atoms with Crippen LogP contribution in [0.5, 0.6) is 0 Å². The van der Waals surface area contributed by atoms with Crippen LogP contribution in [0.25, 0.3) is 0 Å². The van der Waals surface area contributed by atoms with Crippen molar-refractivity contribution in [2.75, 3.05) is 39.3 Å². The van der Waals surface area contributed by atoms with E-state index in [1.54, 1.807) is 4.90 Å². The fourth-order valence-electron chi connectivity index (χ4n) is 3.07. The molecule has 2 aliphatic heterocycles. The maximum atomic E-state index is 13.7. The van der Waals surface area contributed by atoms with Crippen molar-refractivity contribution in [3.63, 3.8) is 0 Å². The minimum Gasteiger partial charge on any atom is -0.336 e. The van der Waals surface area contributed by atoms with Crippen molar-refractivity contribution < 1.29 is 13.6 Å². The molecule has 4 nitrogen and oxygen atoms in total. The smallest absolute Gasteiger partial charge is 0.256 e. The fourth-order valence-corrected chi connectivity index (χ4v) is 3.07. The molecule has 1 amide bonds. The molecule has 2 fully saturated rings. The summed E-state index contributed by atoms with van der Waals surface area (Å²) in [6, 6.07) is 3.65. The Kier molecular flexibility index (Phi) is 4.17. The van der Waals surface area contributed by atoms with Gasteiger partial charge in [-0.1, -0.05) is 0 Å². The van der Waals surface area contributed by atoms with Crippen LogP contribution in [0.15, 0.2) is 18.2 Å². The molecule has 0 saturated carbocycles. The summed E-state index contributed by atoms with van der Waals surface area (Å²) in [5, 5.41) is 3.33. The Hall–Kier alpha value is -1.53. The van der Waals surface area contributed by atoms with Crippen molar-refractivity contribution in [2.24, 2.45) is 0 Å². The number of carbonyl (C=O) groups excluding carboxylic acids is 1. The number of amides is 1. The topological polar surface area (TPSA) is 35.6 Å². The number of nitrogens with one attached hydrogen (secondary N) is 1. The molecule has 1 aromatic carbocycles. The highest BCUT2D eigenvalue weighted by molar-refractivity contribution is 5.94. The highest BCUT2D eigenvalue weighted by Gasteiger charge is 2.28. The largest absolute Gasteiger partial charge is 0.336 e. The van der Waals surface area contributed by atoms with Crippen LogP contribution >= 0.6 is 0 Å². The van der Waals surface area contributed by atoms with E-state index >= 15 is 0 Å². The first-order valence-electron chi connectivity index (χ1n) is 7.34. The van der Waals surface area contributed by atoms with Crippen LogP contribution in [0.4, 0.5) is 8.78 Å². The van der Waals surface area contributed by atoms with Gasteiger partial charge in [0.25, 0.3) is 5.91 Å². The first-order valence-corrected chi connectivity index (χ1v) is 7.34. The van der Waals surface area contributed by atoms with Crippen molar-refractivity contribution in [1.82, 2.24) is 15.1 Å². The lowest BCUT2D eigenvalue weighted by Crippen LogP contribution is -2.52. The molecular weight excluding hydrogens is 276 g/mol. The van der Waals surface area contributed by atoms with Crippen LogP contribution in [0.3, 0.4) is 0 Å². The third-order valence-electron chi connectivity index (χ3n) is 4.31. The average molecular weight is 295 g/mol. The number of hydrogen-bond acceptors (Lipinski definition) is 3. The van der Waals surface area contributed by atoms with E-state index in [0.717, 1.165) is 44.7 Å². The van der Waals surface area contributed by atoms with Gasteiger partial charge in [0.05, 0.1) is 5.56 Å². The Labute approximate surface area is 122 Å².